The zero-order valence-electron chi connectivity index (χ0n) is 6.34. The summed E-state index contributed by atoms with van der Waals surface area (Å²) in [4.78, 5) is 0. The molecular weight excluding hydrogens is 128 g/mol. The third-order valence-electron chi connectivity index (χ3n) is 1.93. The Kier molecular flexibility index (Phi) is 2.33. The molecule has 10 heavy (non-hydrogen) atoms. The van der Waals surface area contributed by atoms with Crippen LogP contribution in [0.15, 0.2) is 12.3 Å². The number of aliphatic hydroxyl groups is 1. The van der Waals surface area contributed by atoms with Crippen LogP contribution in [-0.2, 0) is 4.74 Å². The van der Waals surface area contributed by atoms with Gasteiger partial charge in [-0.15, -0.1) is 0 Å². The highest BCUT2D eigenvalue weighted by molar-refractivity contribution is 4.89. The molecule has 1 heterocycles. The first kappa shape index (κ1) is 7.61. The zero-order valence-corrected chi connectivity index (χ0v) is 6.34. The van der Waals surface area contributed by atoms with Gasteiger partial charge >= 0.3 is 0 Å². The maximum Gasteiger partial charge on any atom is 0.108 e. The van der Waals surface area contributed by atoms with Gasteiger partial charge in [-0.2, -0.15) is 0 Å². The van der Waals surface area contributed by atoms with E-state index in [1.165, 1.54) is 0 Å². The van der Waals surface area contributed by atoms with E-state index in [4.69, 9.17) is 9.84 Å². The van der Waals surface area contributed by atoms with Crippen LogP contribution in [-0.4, -0.2) is 17.3 Å². The van der Waals surface area contributed by atoms with Gasteiger partial charge in [0, 0.05) is 13.0 Å². The van der Waals surface area contributed by atoms with E-state index in [2.05, 4.69) is 0 Å². The topological polar surface area (TPSA) is 29.5 Å². The molecule has 0 fully saturated rings. The number of allylic oxidation sites excluding steroid dienone is 1. The van der Waals surface area contributed by atoms with Gasteiger partial charge in [-0.1, -0.05) is 0 Å². The van der Waals surface area contributed by atoms with Crippen LogP contribution in [0.1, 0.15) is 26.2 Å². The first-order valence-electron chi connectivity index (χ1n) is 3.70. The standard InChI is InChI=1S/C8H14O2/c1-8(5-6-9)4-2-3-7-10-8/h3,7,9H,2,4-6H2,1H3. The summed E-state index contributed by atoms with van der Waals surface area (Å²) in [7, 11) is 0. The van der Waals surface area contributed by atoms with Crippen molar-refractivity contribution >= 4 is 0 Å². The Morgan fingerprint density at radius 1 is 1.70 bits per heavy atom. The van der Waals surface area contributed by atoms with E-state index in [1.807, 2.05) is 13.0 Å². The lowest BCUT2D eigenvalue weighted by Crippen LogP contribution is -2.29. The van der Waals surface area contributed by atoms with Crippen molar-refractivity contribution < 1.29 is 9.84 Å². The number of hydrogen-bond acceptors (Lipinski definition) is 2. The molecule has 0 aromatic carbocycles. The van der Waals surface area contributed by atoms with Crippen LogP contribution in [0.25, 0.3) is 0 Å². The quantitative estimate of drug-likeness (QED) is 0.632. The van der Waals surface area contributed by atoms with Crippen LogP contribution in [0.3, 0.4) is 0 Å². The zero-order chi connectivity index (χ0) is 7.45. The lowest BCUT2D eigenvalue weighted by molar-refractivity contribution is 0.00100. The Hall–Kier alpha value is -0.500. The highest BCUT2D eigenvalue weighted by Gasteiger charge is 2.25. The van der Waals surface area contributed by atoms with Crippen LogP contribution in [0, 0.1) is 0 Å². The van der Waals surface area contributed by atoms with Crippen molar-refractivity contribution in [1.82, 2.24) is 0 Å². The van der Waals surface area contributed by atoms with E-state index in [1.54, 1.807) is 6.26 Å². The molecule has 1 N–H and O–H groups in total. The van der Waals surface area contributed by atoms with Gasteiger partial charge in [0.15, 0.2) is 0 Å². The SMILES string of the molecule is CC1(CCO)CCC=CO1. The number of rotatable bonds is 2. The number of ether oxygens (including phenoxy) is 1. The second kappa shape index (κ2) is 3.06. The van der Waals surface area contributed by atoms with E-state index in [9.17, 15) is 0 Å². The minimum absolute atomic E-state index is 0.108. The summed E-state index contributed by atoms with van der Waals surface area (Å²) < 4.78 is 5.37. The molecule has 58 valence electrons. The molecule has 0 amide bonds. The van der Waals surface area contributed by atoms with E-state index < -0.39 is 0 Å². The van der Waals surface area contributed by atoms with Crippen LogP contribution < -0.4 is 0 Å². The van der Waals surface area contributed by atoms with Gasteiger partial charge in [-0.25, -0.2) is 0 Å². The molecule has 0 bridgehead atoms. The fourth-order valence-electron chi connectivity index (χ4n) is 1.15. The molecule has 0 aromatic heterocycles. The molecule has 2 nitrogen and oxygen atoms in total. The Bertz CT molecular complexity index is 131. The summed E-state index contributed by atoms with van der Waals surface area (Å²) in [5.41, 5.74) is -0.108. The predicted octanol–water partition coefficient (Wildman–Crippen LogP) is 1.45. The minimum Gasteiger partial charge on any atom is -0.495 e. The van der Waals surface area contributed by atoms with Gasteiger partial charge in [0.1, 0.15) is 5.60 Å². The van der Waals surface area contributed by atoms with E-state index in [0.29, 0.717) is 0 Å². The maximum absolute atomic E-state index is 8.68. The normalized spacial score (nSPS) is 31.8. The van der Waals surface area contributed by atoms with Crippen LogP contribution in [0.2, 0.25) is 0 Å². The van der Waals surface area contributed by atoms with Crippen LogP contribution in [0.5, 0.6) is 0 Å². The van der Waals surface area contributed by atoms with Gasteiger partial charge in [0.25, 0.3) is 0 Å². The van der Waals surface area contributed by atoms with Gasteiger partial charge in [0.2, 0.25) is 0 Å². The molecule has 0 spiro atoms. The molecule has 1 aliphatic rings. The third-order valence-corrected chi connectivity index (χ3v) is 1.93. The second-order valence-electron chi connectivity index (χ2n) is 2.95. The third kappa shape index (κ3) is 1.74. The molecule has 2 heteroatoms. The average molecular weight is 142 g/mol. The molecule has 0 aliphatic carbocycles. The highest BCUT2D eigenvalue weighted by Crippen LogP contribution is 2.25. The van der Waals surface area contributed by atoms with E-state index in [0.717, 1.165) is 19.3 Å². The molecule has 1 aliphatic heterocycles. The number of aliphatic hydroxyl groups excluding tert-OH is 1. The molecule has 0 aromatic rings. The Labute approximate surface area is 61.5 Å². The van der Waals surface area contributed by atoms with Gasteiger partial charge in [-0.3, -0.25) is 0 Å². The van der Waals surface area contributed by atoms with Gasteiger partial charge in [0.05, 0.1) is 6.26 Å². The first-order chi connectivity index (χ1) is 4.77. The monoisotopic (exact) mass is 142 g/mol. The second-order valence-corrected chi connectivity index (χ2v) is 2.95. The Balaban J connectivity index is 2.43. The molecule has 0 saturated carbocycles. The van der Waals surface area contributed by atoms with Crippen LogP contribution >= 0.6 is 0 Å². The number of hydrogen-bond donors (Lipinski definition) is 1. The van der Waals surface area contributed by atoms with Gasteiger partial charge < -0.3 is 9.84 Å². The molecule has 1 atom stereocenters. The van der Waals surface area contributed by atoms with Crippen molar-refractivity contribution in [2.24, 2.45) is 0 Å². The minimum atomic E-state index is -0.108. The smallest absolute Gasteiger partial charge is 0.108 e. The summed E-state index contributed by atoms with van der Waals surface area (Å²) in [6.07, 6.45) is 6.57. The lowest BCUT2D eigenvalue weighted by Gasteiger charge is -2.30. The van der Waals surface area contributed by atoms with Crippen molar-refractivity contribution in [3.8, 4) is 0 Å². The molecular formula is C8H14O2. The van der Waals surface area contributed by atoms with Crippen LogP contribution in [0.4, 0.5) is 0 Å². The van der Waals surface area contributed by atoms with Crippen molar-refractivity contribution in [3.63, 3.8) is 0 Å². The summed E-state index contributed by atoms with van der Waals surface area (Å²) in [6.45, 7) is 2.25. The van der Waals surface area contributed by atoms with Crippen molar-refractivity contribution in [2.45, 2.75) is 31.8 Å². The summed E-state index contributed by atoms with van der Waals surface area (Å²) in [5.74, 6) is 0. The van der Waals surface area contributed by atoms with Crippen molar-refractivity contribution in [2.75, 3.05) is 6.61 Å². The molecule has 1 unspecified atom stereocenters. The molecule has 0 radical (unpaired) electrons. The lowest BCUT2D eigenvalue weighted by atomic mass is 9.95. The fraction of sp³-hybridized carbons (Fsp3) is 0.750. The van der Waals surface area contributed by atoms with Gasteiger partial charge in [-0.05, 0) is 25.8 Å². The fourth-order valence-corrected chi connectivity index (χ4v) is 1.15. The van der Waals surface area contributed by atoms with E-state index >= 15 is 0 Å². The van der Waals surface area contributed by atoms with E-state index in [-0.39, 0.29) is 12.2 Å². The Morgan fingerprint density at radius 3 is 3.00 bits per heavy atom. The summed E-state index contributed by atoms with van der Waals surface area (Å²) in [6, 6.07) is 0. The van der Waals surface area contributed by atoms with Crippen molar-refractivity contribution in [1.29, 1.82) is 0 Å². The van der Waals surface area contributed by atoms with Crippen molar-refractivity contribution in [3.05, 3.63) is 12.3 Å². The summed E-state index contributed by atoms with van der Waals surface area (Å²) >= 11 is 0. The molecule has 1 rings (SSSR count). The highest BCUT2D eigenvalue weighted by atomic mass is 16.5. The summed E-state index contributed by atoms with van der Waals surface area (Å²) in [5, 5.41) is 8.68. The Morgan fingerprint density at radius 2 is 2.50 bits per heavy atom. The average Bonchev–Trinajstić information content (AvgIpc) is 1.89. The predicted molar refractivity (Wildman–Crippen MR) is 39.6 cm³/mol. The first-order valence-corrected chi connectivity index (χ1v) is 3.70. The largest absolute Gasteiger partial charge is 0.495 e. The molecule has 0 saturated heterocycles. The maximum atomic E-state index is 8.68.